The van der Waals surface area contributed by atoms with Gasteiger partial charge in [-0.1, -0.05) is 188 Å². The van der Waals surface area contributed by atoms with Gasteiger partial charge in [0.1, 0.15) is 0 Å². The Kier molecular flexibility index (Phi) is 8.60. The molecule has 5 aliphatic carbocycles. The lowest BCUT2D eigenvalue weighted by molar-refractivity contribution is -0.193. The van der Waals surface area contributed by atoms with Crippen LogP contribution in [0.1, 0.15) is 36.8 Å². The summed E-state index contributed by atoms with van der Waals surface area (Å²) in [5, 5.41) is 0. The molecule has 5 aliphatic rings. The average molecular weight is 899 g/mol. The van der Waals surface area contributed by atoms with E-state index in [1.54, 1.807) is 11.1 Å². The van der Waals surface area contributed by atoms with Crippen LogP contribution in [0.2, 0.25) is 0 Å². The summed E-state index contributed by atoms with van der Waals surface area (Å²) < 4.78 is 0. The van der Waals surface area contributed by atoms with Gasteiger partial charge < -0.3 is 0 Å². The Morgan fingerprint density at radius 2 is 0.686 bits per heavy atom. The molecule has 0 saturated heterocycles. The molecule has 6 nitrogen and oxygen atoms in total. The first kappa shape index (κ1) is 39.7. The largest absolute Gasteiger partial charge is 0.208 e. The van der Waals surface area contributed by atoms with Crippen LogP contribution in [0, 0.1) is 29.1 Å². The number of nitrogens with zero attached hydrogens (tertiary/aromatic N) is 6. The van der Waals surface area contributed by atoms with Crippen molar-refractivity contribution in [3.05, 3.63) is 217 Å². The monoisotopic (exact) mass is 898 g/mol. The van der Waals surface area contributed by atoms with Crippen molar-refractivity contribution < 1.29 is 0 Å². The Morgan fingerprint density at radius 3 is 1.20 bits per heavy atom. The zero-order valence-corrected chi connectivity index (χ0v) is 38.5. The van der Waals surface area contributed by atoms with Crippen molar-refractivity contribution in [1.82, 2.24) is 29.9 Å². The summed E-state index contributed by atoms with van der Waals surface area (Å²) in [5.74, 6) is 6.94. The third-order valence-electron chi connectivity index (χ3n) is 17.2. The van der Waals surface area contributed by atoms with Crippen LogP contribution in [-0.4, -0.2) is 29.9 Å². The van der Waals surface area contributed by atoms with Crippen molar-refractivity contribution in [1.29, 1.82) is 0 Å². The minimum absolute atomic E-state index is 0.196. The summed E-state index contributed by atoms with van der Waals surface area (Å²) in [4.78, 5) is 30.9. The second-order valence-electron chi connectivity index (χ2n) is 20.3. The molecular formula is C64H46N6. The van der Waals surface area contributed by atoms with E-state index < -0.39 is 0 Å². The van der Waals surface area contributed by atoms with E-state index in [2.05, 4.69) is 84.9 Å². The fourth-order valence-electron chi connectivity index (χ4n) is 14.2. The number of aromatic nitrogens is 6. The summed E-state index contributed by atoms with van der Waals surface area (Å²) in [6.45, 7) is 0. The Bertz CT molecular complexity index is 3580. The van der Waals surface area contributed by atoms with Crippen molar-refractivity contribution >= 4 is 0 Å². The van der Waals surface area contributed by atoms with Crippen LogP contribution in [0.3, 0.4) is 0 Å². The highest BCUT2D eigenvalue weighted by Crippen LogP contribution is 2.88. The van der Waals surface area contributed by atoms with Crippen molar-refractivity contribution in [2.45, 2.75) is 31.1 Å². The highest BCUT2D eigenvalue weighted by atomic mass is 15.1. The first-order valence-corrected chi connectivity index (χ1v) is 24.9. The highest BCUT2D eigenvalue weighted by molar-refractivity contribution is 5.88. The quantitative estimate of drug-likeness (QED) is 0.151. The molecule has 2 bridgehead atoms. The molecule has 0 aliphatic heterocycles. The third kappa shape index (κ3) is 5.73. The third-order valence-corrected chi connectivity index (χ3v) is 17.2. The van der Waals surface area contributed by atoms with Crippen LogP contribution in [0.5, 0.6) is 0 Å². The first-order valence-electron chi connectivity index (χ1n) is 24.9. The van der Waals surface area contributed by atoms with E-state index in [4.69, 9.17) is 29.9 Å². The van der Waals surface area contributed by atoms with Gasteiger partial charge in [0.05, 0.1) is 0 Å². The van der Waals surface area contributed by atoms with Gasteiger partial charge in [0, 0.05) is 38.8 Å². The van der Waals surface area contributed by atoms with Crippen molar-refractivity contribution in [2.24, 2.45) is 29.1 Å². The molecule has 2 aromatic heterocycles. The van der Waals surface area contributed by atoms with E-state index in [9.17, 15) is 0 Å². The van der Waals surface area contributed by atoms with E-state index in [-0.39, 0.29) is 5.41 Å². The summed E-state index contributed by atoms with van der Waals surface area (Å²) in [6, 6.07) is 72.8. The Balaban J connectivity index is 0.863. The number of rotatable bonds is 8. The second-order valence-corrected chi connectivity index (χ2v) is 20.3. The standard InChI is InChI=1S/C64H46N6/c1-5-15-41(16-6-1)57-65-58(42-17-7-2-8-18-42)68-61(67-57)51-31-29-45(34-53(51)62-69-59(43-19-9-3-10-20-43)66-60(70-62)44-21-11-4-12-22-44)39-25-27-40(28-26-39)46-30-32-55-52(33-46)50-23-13-14-24-54(50)64(55)49-36-47-35-48-37-56(64)63(47,48)38-49/h1-34,47-49,56H,35-38H2. The van der Waals surface area contributed by atoms with Crippen LogP contribution in [0.25, 0.3) is 102 Å². The number of hydrogen-bond acceptors (Lipinski definition) is 6. The molecule has 2 spiro atoms. The number of fused-ring (bicyclic) bond motifs is 8. The molecule has 15 rings (SSSR count). The Hall–Kier alpha value is -8.22. The van der Waals surface area contributed by atoms with Crippen LogP contribution >= 0.6 is 0 Å². The van der Waals surface area contributed by atoms with E-state index in [1.165, 1.54) is 47.9 Å². The molecular weight excluding hydrogens is 853 g/mol. The average Bonchev–Trinajstić information content (AvgIpc) is 4.07. The predicted molar refractivity (Wildman–Crippen MR) is 278 cm³/mol. The van der Waals surface area contributed by atoms with Gasteiger partial charge >= 0.3 is 0 Å². The molecule has 4 fully saturated rings. The van der Waals surface area contributed by atoms with Crippen molar-refractivity contribution in [3.8, 4) is 102 Å². The van der Waals surface area contributed by atoms with E-state index in [0.717, 1.165) is 68.2 Å². The molecule has 6 atom stereocenters. The van der Waals surface area contributed by atoms with Crippen molar-refractivity contribution in [3.63, 3.8) is 0 Å². The van der Waals surface area contributed by atoms with E-state index in [1.807, 2.05) is 121 Å². The first-order chi connectivity index (χ1) is 34.6. The van der Waals surface area contributed by atoms with Crippen LogP contribution < -0.4 is 0 Å². The number of benzene rings is 8. The van der Waals surface area contributed by atoms with Gasteiger partial charge in [0.2, 0.25) is 0 Å². The van der Waals surface area contributed by atoms with Gasteiger partial charge in [-0.05, 0) is 117 Å². The maximum absolute atomic E-state index is 5.24. The fourth-order valence-corrected chi connectivity index (χ4v) is 14.2. The maximum Gasteiger partial charge on any atom is 0.164 e. The normalized spacial score (nSPS) is 22.7. The topological polar surface area (TPSA) is 77.3 Å². The summed E-state index contributed by atoms with van der Waals surface area (Å²) in [5.41, 5.74) is 16.7. The zero-order chi connectivity index (χ0) is 46.0. The highest BCUT2D eigenvalue weighted by Gasteiger charge is 2.82. The Labute approximate surface area is 407 Å². The molecule has 8 aromatic carbocycles. The zero-order valence-electron chi connectivity index (χ0n) is 38.5. The summed E-state index contributed by atoms with van der Waals surface area (Å²) in [7, 11) is 0. The maximum atomic E-state index is 5.24. The molecule has 10 aromatic rings. The van der Waals surface area contributed by atoms with Gasteiger partial charge in [-0.25, -0.2) is 29.9 Å². The van der Waals surface area contributed by atoms with Gasteiger partial charge in [0.25, 0.3) is 0 Å². The molecule has 70 heavy (non-hydrogen) atoms. The Morgan fingerprint density at radius 1 is 0.286 bits per heavy atom. The minimum Gasteiger partial charge on any atom is -0.208 e. The van der Waals surface area contributed by atoms with Gasteiger partial charge in [-0.15, -0.1) is 0 Å². The van der Waals surface area contributed by atoms with E-state index >= 15 is 0 Å². The molecule has 0 amide bonds. The van der Waals surface area contributed by atoms with Gasteiger partial charge in [-0.3, -0.25) is 0 Å². The molecule has 332 valence electrons. The number of hydrogen-bond donors (Lipinski definition) is 0. The molecule has 0 radical (unpaired) electrons. The van der Waals surface area contributed by atoms with E-state index in [0.29, 0.717) is 40.4 Å². The van der Waals surface area contributed by atoms with Gasteiger partial charge in [-0.2, -0.15) is 0 Å². The SMILES string of the molecule is c1ccc(-c2nc(-c3ccccc3)nc(-c3ccc(-c4ccc(-c5ccc6c(c5)-c5ccccc5C65C6CC7CC8CC5C78C6)cc4)cc3-c3nc(-c4ccccc4)nc(-c4ccccc4)n3)n2)cc1. The van der Waals surface area contributed by atoms with Crippen molar-refractivity contribution in [2.75, 3.05) is 0 Å². The molecule has 6 unspecified atom stereocenters. The summed E-state index contributed by atoms with van der Waals surface area (Å²) in [6.07, 6.45) is 5.77. The lowest BCUT2D eigenvalue weighted by Crippen LogP contribution is -2.65. The smallest absolute Gasteiger partial charge is 0.164 e. The van der Waals surface area contributed by atoms with Gasteiger partial charge in [0.15, 0.2) is 34.9 Å². The fraction of sp³-hybridized carbons (Fsp3) is 0.156. The lowest BCUT2D eigenvalue weighted by Gasteiger charge is -2.70. The van der Waals surface area contributed by atoms with Crippen LogP contribution in [0.15, 0.2) is 206 Å². The molecule has 2 heterocycles. The second kappa shape index (κ2) is 15.1. The molecule has 6 heteroatoms. The van der Waals surface area contributed by atoms with Crippen LogP contribution in [0.4, 0.5) is 0 Å². The molecule has 0 N–H and O–H groups in total. The summed E-state index contributed by atoms with van der Waals surface area (Å²) >= 11 is 0. The van der Waals surface area contributed by atoms with Crippen LogP contribution in [-0.2, 0) is 5.41 Å². The predicted octanol–water partition coefficient (Wildman–Crippen LogP) is 14.7. The minimum atomic E-state index is 0.196. The molecule has 4 saturated carbocycles. The lowest BCUT2D eigenvalue weighted by atomic mass is 9.34.